The van der Waals surface area contributed by atoms with E-state index < -0.39 is 0 Å². The fourth-order valence-corrected chi connectivity index (χ4v) is 3.07. The molecule has 0 aliphatic carbocycles. The Morgan fingerprint density at radius 3 is 1.88 bits per heavy atom. The predicted octanol–water partition coefficient (Wildman–Crippen LogP) is 4.57. The van der Waals surface area contributed by atoms with Gasteiger partial charge in [-0.25, -0.2) is 0 Å². The fraction of sp³-hybridized carbons (Fsp3) is 1.00. The van der Waals surface area contributed by atoms with Gasteiger partial charge in [-0.15, -0.1) is 0 Å². The Morgan fingerprint density at radius 1 is 0.941 bits per heavy atom. The second-order valence-corrected chi connectivity index (χ2v) is 7.40. The summed E-state index contributed by atoms with van der Waals surface area (Å²) >= 11 is 2.05. The quantitative estimate of drug-likeness (QED) is 0.577. The fourth-order valence-electron chi connectivity index (χ4n) is 2.26. The third-order valence-electron chi connectivity index (χ3n) is 2.93. The third-order valence-corrected chi connectivity index (χ3v) is 3.86. The van der Waals surface area contributed by atoms with Crippen molar-refractivity contribution in [2.75, 3.05) is 11.5 Å². The van der Waals surface area contributed by atoms with Crippen molar-refractivity contribution in [2.24, 2.45) is 11.8 Å². The van der Waals surface area contributed by atoms with Crippen LogP contribution in [-0.4, -0.2) is 23.6 Å². The van der Waals surface area contributed by atoms with Gasteiger partial charge in [0, 0.05) is 12.1 Å². The summed E-state index contributed by atoms with van der Waals surface area (Å²) in [7, 11) is 0. The topological polar surface area (TPSA) is 12.0 Å². The first kappa shape index (κ1) is 17.3. The maximum absolute atomic E-state index is 3.83. The van der Waals surface area contributed by atoms with Crippen LogP contribution in [0.15, 0.2) is 0 Å². The zero-order chi connectivity index (χ0) is 13.3. The van der Waals surface area contributed by atoms with E-state index >= 15 is 0 Å². The lowest BCUT2D eigenvalue weighted by Crippen LogP contribution is -2.38. The van der Waals surface area contributed by atoms with Crippen LogP contribution in [0.3, 0.4) is 0 Å². The van der Waals surface area contributed by atoms with Crippen molar-refractivity contribution in [3.63, 3.8) is 0 Å². The lowest BCUT2D eigenvalue weighted by Gasteiger charge is -2.26. The van der Waals surface area contributed by atoms with E-state index in [2.05, 4.69) is 58.6 Å². The van der Waals surface area contributed by atoms with Gasteiger partial charge in [0.1, 0.15) is 0 Å². The molecule has 0 aliphatic rings. The van der Waals surface area contributed by atoms with Crippen LogP contribution in [0, 0.1) is 11.8 Å². The van der Waals surface area contributed by atoms with Crippen molar-refractivity contribution in [3.05, 3.63) is 0 Å². The van der Waals surface area contributed by atoms with E-state index in [9.17, 15) is 0 Å². The first-order valence-electron chi connectivity index (χ1n) is 7.29. The highest BCUT2D eigenvalue weighted by molar-refractivity contribution is 7.99. The minimum atomic E-state index is 0.663. The van der Waals surface area contributed by atoms with Crippen molar-refractivity contribution < 1.29 is 0 Å². The SMILES string of the molecule is CCSCCC(C)NC(CC(C)C)CC(C)C. The van der Waals surface area contributed by atoms with Gasteiger partial charge in [-0.3, -0.25) is 0 Å². The molecule has 0 aromatic rings. The Bertz CT molecular complexity index is 158. The van der Waals surface area contributed by atoms with Gasteiger partial charge in [0.05, 0.1) is 0 Å². The number of thioether (sulfide) groups is 1. The van der Waals surface area contributed by atoms with Gasteiger partial charge in [0.2, 0.25) is 0 Å². The lowest BCUT2D eigenvalue weighted by atomic mass is 9.95. The molecule has 0 spiro atoms. The molecule has 0 aromatic heterocycles. The smallest absolute Gasteiger partial charge is 0.00744 e. The Labute approximate surface area is 114 Å². The Kier molecular flexibility index (Phi) is 10.4. The molecule has 17 heavy (non-hydrogen) atoms. The van der Waals surface area contributed by atoms with Crippen LogP contribution in [-0.2, 0) is 0 Å². The number of hydrogen-bond acceptors (Lipinski definition) is 2. The molecular weight excluding hydrogens is 226 g/mol. The van der Waals surface area contributed by atoms with Crippen LogP contribution in [0.2, 0.25) is 0 Å². The molecule has 0 fully saturated rings. The number of rotatable bonds is 10. The van der Waals surface area contributed by atoms with Crippen LogP contribution >= 0.6 is 11.8 Å². The molecule has 0 heterocycles. The maximum Gasteiger partial charge on any atom is 0.00744 e. The third kappa shape index (κ3) is 11.1. The first-order chi connectivity index (χ1) is 7.95. The van der Waals surface area contributed by atoms with Gasteiger partial charge in [-0.05, 0) is 49.5 Å². The van der Waals surface area contributed by atoms with Gasteiger partial charge >= 0.3 is 0 Å². The summed E-state index contributed by atoms with van der Waals surface area (Å²) in [5.74, 6) is 4.13. The first-order valence-corrected chi connectivity index (χ1v) is 8.44. The van der Waals surface area contributed by atoms with Crippen LogP contribution < -0.4 is 5.32 Å². The second kappa shape index (κ2) is 10.3. The summed E-state index contributed by atoms with van der Waals surface area (Å²) in [5, 5.41) is 3.83. The van der Waals surface area contributed by atoms with E-state index in [4.69, 9.17) is 0 Å². The Hall–Kier alpha value is 0.310. The normalized spacial score (nSPS) is 13.9. The van der Waals surface area contributed by atoms with E-state index in [1.807, 2.05) is 0 Å². The highest BCUT2D eigenvalue weighted by atomic mass is 32.2. The minimum absolute atomic E-state index is 0.663. The molecule has 0 rings (SSSR count). The summed E-state index contributed by atoms with van der Waals surface area (Å²) < 4.78 is 0. The van der Waals surface area contributed by atoms with Gasteiger partial charge in [-0.2, -0.15) is 11.8 Å². The summed E-state index contributed by atoms with van der Waals surface area (Å²) in [5.41, 5.74) is 0. The predicted molar refractivity (Wildman–Crippen MR) is 82.9 cm³/mol. The molecule has 0 amide bonds. The molecule has 0 saturated heterocycles. The Morgan fingerprint density at radius 2 is 1.47 bits per heavy atom. The van der Waals surface area contributed by atoms with E-state index in [-0.39, 0.29) is 0 Å². The molecule has 0 radical (unpaired) electrons. The summed E-state index contributed by atoms with van der Waals surface area (Å²) in [6.45, 7) is 13.9. The molecule has 1 nitrogen and oxygen atoms in total. The Balaban J connectivity index is 3.94. The average molecular weight is 260 g/mol. The second-order valence-electron chi connectivity index (χ2n) is 6.01. The van der Waals surface area contributed by atoms with Crippen LogP contribution in [0.4, 0.5) is 0 Å². The van der Waals surface area contributed by atoms with Crippen molar-refractivity contribution in [1.29, 1.82) is 0 Å². The van der Waals surface area contributed by atoms with Crippen molar-refractivity contribution in [1.82, 2.24) is 5.32 Å². The van der Waals surface area contributed by atoms with Crippen molar-refractivity contribution >= 4 is 11.8 Å². The molecule has 0 bridgehead atoms. The summed E-state index contributed by atoms with van der Waals surface area (Å²) in [6.07, 6.45) is 3.91. The van der Waals surface area contributed by atoms with Crippen molar-refractivity contribution in [2.45, 2.75) is 72.9 Å². The molecule has 2 heteroatoms. The van der Waals surface area contributed by atoms with Gasteiger partial charge in [0.15, 0.2) is 0 Å². The number of hydrogen-bond donors (Lipinski definition) is 1. The summed E-state index contributed by atoms with van der Waals surface area (Å²) in [4.78, 5) is 0. The molecule has 0 aliphatic heterocycles. The lowest BCUT2D eigenvalue weighted by molar-refractivity contribution is 0.330. The van der Waals surface area contributed by atoms with Crippen molar-refractivity contribution in [3.8, 4) is 0 Å². The van der Waals surface area contributed by atoms with Gasteiger partial charge < -0.3 is 5.32 Å². The highest BCUT2D eigenvalue weighted by Gasteiger charge is 2.15. The standard InChI is InChI=1S/C15H33NS/c1-7-17-9-8-14(6)16-15(10-12(2)3)11-13(4)5/h12-16H,7-11H2,1-6H3. The van der Waals surface area contributed by atoms with Gasteiger partial charge in [-0.1, -0.05) is 34.6 Å². The molecule has 1 atom stereocenters. The van der Waals surface area contributed by atoms with E-state index in [1.165, 1.54) is 30.8 Å². The monoisotopic (exact) mass is 259 g/mol. The molecule has 1 unspecified atom stereocenters. The van der Waals surface area contributed by atoms with E-state index in [0.29, 0.717) is 12.1 Å². The number of nitrogens with one attached hydrogen (secondary N) is 1. The molecule has 0 aromatic carbocycles. The van der Waals surface area contributed by atoms with E-state index in [0.717, 1.165) is 11.8 Å². The van der Waals surface area contributed by atoms with Crippen LogP contribution in [0.5, 0.6) is 0 Å². The zero-order valence-electron chi connectivity index (χ0n) is 12.8. The van der Waals surface area contributed by atoms with Crippen LogP contribution in [0.25, 0.3) is 0 Å². The maximum atomic E-state index is 3.83. The van der Waals surface area contributed by atoms with Gasteiger partial charge in [0.25, 0.3) is 0 Å². The van der Waals surface area contributed by atoms with E-state index in [1.54, 1.807) is 0 Å². The average Bonchev–Trinajstić information content (AvgIpc) is 2.15. The molecular formula is C15H33NS. The minimum Gasteiger partial charge on any atom is -0.311 e. The molecule has 104 valence electrons. The summed E-state index contributed by atoms with van der Waals surface area (Å²) in [6, 6.07) is 1.37. The molecule has 1 N–H and O–H groups in total. The largest absolute Gasteiger partial charge is 0.311 e. The highest BCUT2D eigenvalue weighted by Crippen LogP contribution is 2.15. The zero-order valence-corrected chi connectivity index (χ0v) is 13.6. The molecule has 0 saturated carbocycles. The van der Waals surface area contributed by atoms with Crippen LogP contribution in [0.1, 0.15) is 60.8 Å².